The van der Waals surface area contributed by atoms with Gasteiger partial charge in [0.15, 0.2) is 0 Å². The van der Waals surface area contributed by atoms with Crippen LogP contribution in [0.5, 0.6) is 0 Å². The summed E-state index contributed by atoms with van der Waals surface area (Å²) in [5.41, 5.74) is 1.40. The van der Waals surface area contributed by atoms with Crippen molar-refractivity contribution in [1.82, 2.24) is 4.90 Å². The molecular weight excluding hydrogens is 348 g/mol. The number of nitrogens with one attached hydrogen (secondary N) is 1. The molecule has 1 aliphatic carbocycles. The molecule has 0 spiro atoms. The third-order valence-corrected chi connectivity index (χ3v) is 6.26. The molecule has 1 aliphatic heterocycles. The third kappa shape index (κ3) is 4.67. The Labute approximate surface area is 156 Å². The van der Waals surface area contributed by atoms with Gasteiger partial charge in [-0.15, -0.1) is 0 Å². The summed E-state index contributed by atoms with van der Waals surface area (Å²) in [6, 6.07) is 7.40. The summed E-state index contributed by atoms with van der Waals surface area (Å²) in [7, 11) is -3.28. The monoisotopic (exact) mass is 376 g/mol. The molecule has 3 unspecified atom stereocenters. The first-order chi connectivity index (χ1) is 12.3. The highest BCUT2D eigenvalue weighted by Gasteiger charge is 2.38. The van der Waals surface area contributed by atoms with Crippen LogP contribution in [0.4, 0.5) is 5.69 Å². The third-order valence-electron chi connectivity index (χ3n) is 5.65. The lowest BCUT2D eigenvalue weighted by molar-refractivity contribution is -0.133. The van der Waals surface area contributed by atoms with Gasteiger partial charge in [-0.1, -0.05) is 31.9 Å². The summed E-state index contributed by atoms with van der Waals surface area (Å²) in [5, 5.41) is 0. The van der Waals surface area contributed by atoms with Crippen molar-refractivity contribution in [2.45, 2.75) is 45.1 Å². The number of likely N-dealkylation sites (tertiary alicyclic amines) is 1. The molecule has 1 N–H and O–H groups in total. The fourth-order valence-electron chi connectivity index (χ4n) is 4.33. The van der Waals surface area contributed by atoms with Crippen LogP contribution in [0, 0.1) is 11.8 Å². The van der Waals surface area contributed by atoms with Gasteiger partial charge < -0.3 is 4.90 Å². The van der Waals surface area contributed by atoms with Gasteiger partial charge in [0.1, 0.15) is 0 Å². The molecule has 3 atom stereocenters. The largest absolute Gasteiger partial charge is 0.336 e. The molecule has 3 rings (SSSR count). The second-order valence-corrected chi connectivity index (χ2v) is 9.39. The van der Waals surface area contributed by atoms with Gasteiger partial charge in [-0.2, -0.15) is 0 Å². The van der Waals surface area contributed by atoms with Crippen molar-refractivity contribution < 1.29 is 13.2 Å². The van der Waals surface area contributed by atoms with Crippen molar-refractivity contribution in [3.63, 3.8) is 0 Å². The second-order valence-electron chi connectivity index (χ2n) is 7.64. The Morgan fingerprint density at radius 3 is 2.54 bits per heavy atom. The zero-order chi connectivity index (χ0) is 18.7. The number of fused-ring (bicyclic) bond motifs is 1. The SMILES string of the molecule is CC1CCN(C(=O)/C=C/c2ccc(NS(C)(=O)=O)cc2)C2CCCCC12. The quantitative estimate of drug-likeness (QED) is 0.818. The molecular formula is C20H28N2O3S. The molecule has 0 radical (unpaired) electrons. The standard InChI is InChI=1S/C20H28N2O3S/c1-15-13-14-22(19-6-4-3-5-18(15)19)20(23)12-9-16-7-10-17(11-8-16)21-26(2,24)25/h7-12,15,18-19,21H,3-6,13-14H2,1-2H3/b12-9+. The molecule has 1 heterocycles. The maximum absolute atomic E-state index is 12.7. The van der Waals surface area contributed by atoms with E-state index in [4.69, 9.17) is 0 Å². The van der Waals surface area contributed by atoms with Gasteiger partial charge in [0.25, 0.3) is 0 Å². The van der Waals surface area contributed by atoms with Crippen LogP contribution in [0.15, 0.2) is 30.3 Å². The molecule has 6 heteroatoms. The van der Waals surface area contributed by atoms with Crippen LogP contribution in [-0.2, 0) is 14.8 Å². The number of nitrogens with zero attached hydrogens (tertiary/aromatic N) is 1. The molecule has 26 heavy (non-hydrogen) atoms. The molecule has 1 saturated heterocycles. The lowest BCUT2D eigenvalue weighted by Gasteiger charge is -2.47. The van der Waals surface area contributed by atoms with Crippen LogP contribution in [0.1, 0.15) is 44.6 Å². The predicted molar refractivity (Wildman–Crippen MR) is 105 cm³/mol. The molecule has 0 aromatic heterocycles. The Balaban J connectivity index is 1.65. The minimum atomic E-state index is -3.28. The van der Waals surface area contributed by atoms with Crippen LogP contribution < -0.4 is 4.72 Å². The Hall–Kier alpha value is -1.82. The van der Waals surface area contributed by atoms with E-state index in [1.165, 1.54) is 19.3 Å². The maximum Gasteiger partial charge on any atom is 0.246 e. The van der Waals surface area contributed by atoms with Crippen LogP contribution in [0.2, 0.25) is 0 Å². The van der Waals surface area contributed by atoms with E-state index in [0.29, 0.717) is 23.6 Å². The highest BCUT2D eigenvalue weighted by Crippen LogP contribution is 2.38. The van der Waals surface area contributed by atoms with Gasteiger partial charge in [0.2, 0.25) is 15.9 Å². The first-order valence-electron chi connectivity index (χ1n) is 9.40. The van der Waals surface area contributed by atoms with E-state index in [0.717, 1.165) is 31.2 Å². The molecule has 1 saturated carbocycles. The highest BCUT2D eigenvalue weighted by atomic mass is 32.2. The average molecular weight is 377 g/mol. The zero-order valence-electron chi connectivity index (χ0n) is 15.5. The van der Waals surface area contributed by atoms with Gasteiger partial charge >= 0.3 is 0 Å². The van der Waals surface area contributed by atoms with Gasteiger partial charge in [0, 0.05) is 24.4 Å². The lowest BCUT2D eigenvalue weighted by atomic mass is 9.72. The number of sulfonamides is 1. The van der Waals surface area contributed by atoms with Crippen molar-refractivity contribution in [2.75, 3.05) is 17.5 Å². The zero-order valence-corrected chi connectivity index (χ0v) is 16.3. The van der Waals surface area contributed by atoms with E-state index in [1.807, 2.05) is 6.08 Å². The number of carbonyl (C=O) groups excluding carboxylic acids is 1. The lowest BCUT2D eigenvalue weighted by Crippen LogP contribution is -2.51. The number of benzene rings is 1. The molecule has 2 fully saturated rings. The fourth-order valence-corrected chi connectivity index (χ4v) is 4.89. The molecule has 1 aromatic rings. The molecule has 1 amide bonds. The number of amides is 1. The minimum absolute atomic E-state index is 0.0899. The number of rotatable bonds is 4. The Morgan fingerprint density at radius 1 is 1.15 bits per heavy atom. The van der Waals surface area contributed by atoms with E-state index in [2.05, 4.69) is 16.5 Å². The summed E-state index contributed by atoms with van der Waals surface area (Å²) in [6.45, 7) is 3.18. The number of carbonyl (C=O) groups is 1. The van der Waals surface area contributed by atoms with Gasteiger partial charge in [-0.25, -0.2) is 8.42 Å². The summed E-state index contributed by atoms with van der Waals surface area (Å²) in [6.07, 6.45) is 10.6. The summed E-state index contributed by atoms with van der Waals surface area (Å²) in [4.78, 5) is 14.8. The normalized spacial score (nSPS) is 26.5. The number of anilines is 1. The van der Waals surface area contributed by atoms with Crippen LogP contribution in [-0.4, -0.2) is 38.1 Å². The molecule has 0 bridgehead atoms. The Bertz CT molecular complexity index is 771. The predicted octanol–water partition coefficient (Wildman–Crippen LogP) is 3.50. The summed E-state index contributed by atoms with van der Waals surface area (Å²) < 4.78 is 24.9. The molecule has 5 nitrogen and oxygen atoms in total. The van der Waals surface area contributed by atoms with Crippen LogP contribution in [0.25, 0.3) is 6.08 Å². The summed E-state index contributed by atoms with van der Waals surface area (Å²) >= 11 is 0. The van der Waals surface area contributed by atoms with E-state index in [-0.39, 0.29) is 5.91 Å². The average Bonchev–Trinajstić information content (AvgIpc) is 2.60. The Kier molecular flexibility index (Phi) is 5.70. The van der Waals surface area contributed by atoms with E-state index >= 15 is 0 Å². The minimum Gasteiger partial charge on any atom is -0.336 e. The van der Waals surface area contributed by atoms with Gasteiger partial charge in [0.05, 0.1) is 6.26 Å². The molecule has 1 aromatic carbocycles. The number of hydrogen-bond acceptors (Lipinski definition) is 3. The summed E-state index contributed by atoms with van der Waals surface area (Å²) in [5.74, 6) is 1.45. The van der Waals surface area contributed by atoms with E-state index < -0.39 is 10.0 Å². The van der Waals surface area contributed by atoms with Crippen molar-refractivity contribution in [1.29, 1.82) is 0 Å². The maximum atomic E-state index is 12.7. The van der Waals surface area contributed by atoms with E-state index in [9.17, 15) is 13.2 Å². The van der Waals surface area contributed by atoms with Crippen molar-refractivity contribution in [2.24, 2.45) is 11.8 Å². The van der Waals surface area contributed by atoms with Gasteiger partial charge in [-0.3, -0.25) is 9.52 Å². The first kappa shape index (κ1) is 19.0. The first-order valence-corrected chi connectivity index (χ1v) is 11.3. The van der Waals surface area contributed by atoms with Crippen molar-refractivity contribution in [3.8, 4) is 0 Å². The van der Waals surface area contributed by atoms with Crippen molar-refractivity contribution >= 4 is 27.7 Å². The fraction of sp³-hybridized carbons (Fsp3) is 0.550. The smallest absolute Gasteiger partial charge is 0.246 e. The Morgan fingerprint density at radius 2 is 1.85 bits per heavy atom. The van der Waals surface area contributed by atoms with E-state index in [1.54, 1.807) is 30.3 Å². The molecule has 2 aliphatic rings. The highest BCUT2D eigenvalue weighted by molar-refractivity contribution is 7.92. The molecule has 142 valence electrons. The van der Waals surface area contributed by atoms with Crippen LogP contribution >= 0.6 is 0 Å². The van der Waals surface area contributed by atoms with Crippen molar-refractivity contribution in [3.05, 3.63) is 35.9 Å². The number of piperidine rings is 1. The van der Waals surface area contributed by atoms with Gasteiger partial charge in [-0.05, 0) is 54.9 Å². The number of hydrogen-bond donors (Lipinski definition) is 1. The second kappa shape index (κ2) is 7.82. The van der Waals surface area contributed by atoms with Crippen LogP contribution in [0.3, 0.4) is 0 Å². The topological polar surface area (TPSA) is 66.5 Å².